The zero-order chi connectivity index (χ0) is 13.9. The van der Waals surface area contributed by atoms with Crippen LogP contribution >= 0.6 is 0 Å². The summed E-state index contributed by atoms with van der Waals surface area (Å²) in [5, 5.41) is 8.68. The monoisotopic (exact) mass is 263 g/mol. The van der Waals surface area contributed by atoms with Crippen LogP contribution in [0.1, 0.15) is 24.2 Å². The van der Waals surface area contributed by atoms with Gasteiger partial charge in [0, 0.05) is 5.56 Å². The summed E-state index contributed by atoms with van der Waals surface area (Å²) in [5.74, 6) is 0. The van der Waals surface area contributed by atoms with E-state index in [2.05, 4.69) is 60.6 Å². The molecule has 3 nitrogen and oxygen atoms in total. The maximum absolute atomic E-state index is 4.35. The molecule has 0 saturated heterocycles. The molecular formula is C17H17N3. The third-order valence-electron chi connectivity index (χ3n) is 3.62. The van der Waals surface area contributed by atoms with Gasteiger partial charge < -0.3 is 0 Å². The van der Waals surface area contributed by atoms with Crippen LogP contribution in [0, 0.1) is 6.92 Å². The van der Waals surface area contributed by atoms with E-state index in [-0.39, 0.29) is 6.04 Å². The van der Waals surface area contributed by atoms with Crippen molar-refractivity contribution in [3.8, 4) is 11.3 Å². The molecule has 0 saturated carbocycles. The van der Waals surface area contributed by atoms with Crippen LogP contribution in [0.4, 0.5) is 0 Å². The van der Waals surface area contributed by atoms with E-state index in [1.165, 1.54) is 5.56 Å². The van der Waals surface area contributed by atoms with E-state index in [0.717, 1.165) is 17.0 Å². The first kappa shape index (κ1) is 12.6. The van der Waals surface area contributed by atoms with Crippen molar-refractivity contribution in [1.82, 2.24) is 15.0 Å². The van der Waals surface area contributed by atoms with Crippen molar-refractivity contribution in [1.29, 1.82) is 0 Å². The summed E-state index contributed by atoms with van der Waals surface area (Å²) in [6.07, 6.45) is 0. The largest absolute Gasteiger partial charge is 0.242 e. The summed E-state index contributed by atoms with van der Waals surface area (Å²) >= 11 is 0. The molecule has 1 atom stereocenters. The van der Waals surface area contributed by atoms with Crippen LogP contribution in [0.15, 0.2) is 60.7 Å². The Bertz CT molecular complexity index is 687. The molecule has 3 aromatic rings. The van der Waals surface area contributed by atoms with Gasteiger partial charge in [0.15, 0.2) is 0 Å². The molecule has 0 aliphatic rings. The van der Waals surface area contributed by atoms with Crippen molar-refractivity contribution in [2.45, 2.75) is 19.9 Å². The molecule has 2 aromatic carbocycles. The van der Waals surface area contributed by atoms with Gasteiger partial charge in [-0.15, -0.1) is 5.10 Å². The third-order valence-corrected chi connectivity index (χ3v) is 3.62. The highest BCUT2D eigenvalue weighted by molar-refractivity contribution is 5.60. The van der Waals surface area contributed by atoms with Gasteiger partial charge in [-0.25, -0.2) is 4.68 Å². The first-order valence-electron chi connectivity index (χ1n) is 6.79. The number of benzene rings is 2. The molecule has 0 radical (unpaired) electrons. The lowest BCUT2D eigenvalue weighted by Crippen LogP contribution is -2.10. The minimum atomic E-state index is 0.182. The molecule has 0 spiro atoms. The van der Waals surface area contributed by atoms with Crippen molar-refractivity contribution in [3.63, 3.8) is 0 Å². The minimum absolute atomic E-state index is 0.182. The van der Waals surface area contributed by atoms with E-state index in [1.54, 1.807) is 0 Å². The van der Waals surface area contributed by atoms with E-state index < -0.39 is 0 Å². The lowest BCUT2D eigenvalue weighted by molar-refractivity contribution is 0.531. The van der Waals surface area contributed by atoms with Crippen LogP contribution in [0.5, 0.6) is 0 Å². The van der Waals surface area contributed by atoms with Crippen molar-refractivity contribution < 1.29 is 0 Å². The zero-order valence-corrected chi connectivity index (χ0v) is 11.7. The maximum atomic E-state index is 4.35. The smallest absolute Gasteiger partial charge is 0.115 e. The maximum Gasteiger partial charge on any atom is 0.115 e. The molecule has 0 bridgehead atoms. The molecule has 0 amide bonds. The quantitative estimate of drug-likeness (QED) is 0.718. The second kappa shape index (κ2) is 5.29. The first-order chi connectivity index (χ1) is 9.77. The fourth-order valence-corrected chi connectivity index (χ4v) is 2.44. The van der Waals surface area contributed by atoms with E-state index in [9.17, 15) is 0 Å². The van der Waals surface area contributed by atoms with Crippen LogP contribution < -0.4 is 0 Å². The Labute approximate surface area is 118 Å². The number of nitrogens with zero attached hydrogens (tertiary/aromatic N) is 3. The van der Waals surface area contributed by atoms with Gasteiger partial charge in [0.25, 0.3) is 0 Å². The third kappa shape index (κ3) is 2.23. The zero-order valence-electron chi connectivity index (χ0n) is 11.7. The average Bonchev–Trinajstić information content (AvgIpc) is 2.90. The summed E-state index contributed by atoms with van der Waals surface area (Å²) in [6.45, 7) is 4.22. The summed E-state index contributed by atoms with van der Waals surface area (Å²) in [6, 6.07) is 20.7. The van der Waals surface area contributed by atoms with Crippen LogP contribution in [0.2, 0.25) is 0 Å². The van der Waals surface area contributed by atoms with E-state index in [1.807, 2.05) is 28.9 Å². The van der Waals surface area contributed by atoms with Crippen LogP contribution in [0.3, 0.4) is 0 Å². The fraction of sp³-hybridized carbons (Fsp3) is 0.176. The van der Waals surface area contributed by atoms with E-state index in [0.29, 0.717) is 0 Å². The van der Waals surface area contributed by atoms with Gasteiger partial charge in [-0.05, 0) is 19.4 Å². The van der Waals surface area contributed by atoms with Gasteiger partial charge >= 0.3 is 0 Å². The summed E-state index contributed by atoms with van der Waals surface area (Å²) < 4.78 is 1.98. The highest BCUT2D eigenvalue weighted by Gasteiger charge is 2.15. The van der Waals surface area contributed by atoms with Crippen molar-refractivity contribution >= 4 is 0 Å². The second-order valence-electron chi connectivity index (χ2n) is 4.92. The average molecular weight is 263 g/mol. The lowest BCUT2D eigenvalue weighted by atomic mass is 10.1. The molecule has 1 aromatic heterocycles. The molecule has 1 unspecified atom stereocenters. The Balaban J connectivity index is 1.99. The Kier molecular flexibility index (Phi) is 3.33. The molecule has 0 aliphatic carbocycles. The Morgan fingerprint density at radius 3 is 2.15 bits per heavy atom. The van der Waals surface area contributed by atoms with Crippen molar-refractivity contribution in [3.05, 3.63) is 71.9 Å². The number of hydrogen-bond donors (Lipinski definition) is 0. The van der Waals surface area contributed by atoms with Gasteiger partial charge in [-0.3, -0.25) is 0 Å². The Hall–Kier alpha value is -2.42. The Morgan fingerprint density at radius 1 is 0.900 bits per heavy atom. The SMILES string of the molecule is Cc1c(-c2ccccc2)nnn1C(C)c1ccccc1. The number of rotatable bonds is 3. The first-order valence-corrected chi connectivity index (χ1v) is 6.79. The molecule has 0 fully saturated rings. The van der Waals surface area contributed by atoms with E-state index in [4.69, 9.17) is 0 Å². The van der Waals surface area contributed by atoms with Gasteiger partial charge in [0.05, 0.1) is 11.7 Å². The van der Waals surface area contributed by atoms with Gasteiger partial charge in [-0.2, -0.15) is 0 Å². The summed E-state index contributed by atoms with van der Waals surface area (Å²) in [7, 11) is 0. The van der Waals surface area contributed by atoms with Crippen LogP contribution in [0.25, 0.3) is 11.3 Å². The molecule has 100 valence electrons. The normalized spacial score (nSPS) is 12.3. The van der Waals surface area contributed by atoms with Crippen molar-refractivity contribution in [2.75, 3.05) is 0 Å². The van der Waals surface area contributed by atoms with Gasteiger partial charge in [0.1, 0.15) is 5.69 Å². The lowest BCUT2D eigenvalue weighted by Gasteiger charge is -2.13. The molecular weight excluding hydrogens is 246 g/mol. The fourth-order valence-electron chi connectivity index (χ4n) is 2.44. The highest BCUT2D eigenvalue weighted by Crippen LogP contribution is 2.24. The molecule has 1 heterocycles. The predicted molar refractivity (Wildman–Crippen MR) is 80.5 cm³/mol. The molecule has 3 rings (SSSR count). The predicted octanol–water partition coefficient (Wildman–Crippen LogP) is 3.86. The van der Waals surface area contributed by atoms with Crippen molar-refractivity contribution in [2.24, 2.45) is 0 Å². The summed E-state index contributed by atoms with van der Waals surface area (Å²) in [5.41, 5.74) is 4.39. The molecule has 0 N–H and O–H groups in total. The Morgan fingerprint density at radius 2 is 1.50 bits per heavy atom. The summed E-state index contributed by atoms with van der Waals surface area (Å²) in [4.78, 5) is 0. The van der Waals surface area contributed by atoms with Gasteiger partial charge in [-0.1, -0.05) is 65.9 Å². The van der Waals surface area contributed by atoms with Crippen LogP contribution in [-0.2, 0) is 0 Å². The molecule has 3 heteroatoms. The van der Waals surface area contributed by atoms with Crippen LogP contribution in [-0.4, -0.2) is 15.0 Å². The second-order valence-corrected chi connectivity index (χ2v) is 4.92. The molecule has 0 aliphatic heterocycles. The highest BCUT2D eigenvalue weighted by atomic mass is 15.4. The minimum Gasteiger partial charge on any atom is -0.242 e. The number of hydrogen-bond acceptors (Lipinski definition) is 2. The number of aromatic nitrogens is 3. The topological polar surface area (TPSA) is 30.7 Å². The molecule has 20 heavy (non-hydrogen) atoms. The van der Waals surface area contributed by atoms with E-state index >= 15 is 0 Å². The van der Waals surface area contributed by atoms with Gasteiger partial charge in [0.2, 0.25) is 0 Å². The standard InChI is InChI=1S/C17H17N3/c1-13(15-9-5-3-6-10-15)20-14(2)17(18-19-20)16-11-7-4-8-12-16/h3-13H,1-2H3.